The Kier molecular flexibility index (Phi) is 6.22. The standard InChI is InChI=1S/C31H31BrN2O7S/c1-40-24-8-3-20-14-29-17-30(26(20)27(24)36)15-22(33-25(35)9-2-19-11-13-41-16-19)10-12-31(30,37)28(29)34(18-29)42(38,39)23-6-4-21(32)5-7-23/h2-9,11,13,16,22,28,36-37H,10,12,14-15,17-18H2,1H3,(H,33,35)/b9-2+/t22?,28?,29?,30-,31?/m0/s1. The van der Waals surface area contributed by atoms with E-state index >= 15 is 0 Å². The summed E-state index contributed by atoms with van der Waals surface area (Å²) < 4.78 is 40.7. The summed E-state index contributed by atoms with van der Waals surface area (Å²) in [4.78, 5) is 13.1. The van der Waals surface area contributed by atoms with Crippen molar-refractivity contribution in [2.24, 2.45) is 5.41 Å². The topological polar surface area (TPSA) is 129 Å². The number of hydrogen-bond acceptors (Lipinski definition) is 7. The molecular formula is C31H31BrN2O7S. The molecule has 2 bridgehead atoms. The summed E-state index contributed by atoms with van der Waals surface area (Å²) in [5, 5.41) is 27.4. The van der Waals surface area contributed by atoms with Crippen LogP contribution in [0, 0.1) is 5.41 Å². The van der Waals surface area contributed by atoms with E-state index in [4.69, 9.17) is 9.15 Å². The number of methoxy groups -OCH3 is 1. The normalized spacial score (nSPS) is 31.6. The molecule has 42 heavy (non-hydrogen) atoms. The van der Waals surface area contributed by atoms with Gasteiger partial charge in [-0.05, 0) is 80.1 Å². The van der Waals surface area contributed by atoms with Crippen LogP contribution >= 0.6 is 15.9 Å². The summed E-state index contributed by atoms with van der Waals surface area (Å²) >= 11 is 3.37. The molecule has 0 radical (unpaired) electrons. The van der Waals surface area contributed by atoms with E-state index in [2.05, 4.69) is 21.2 Å². The number of hydrogen-bond donors (Lipinski definition) is 3. The SMILES string of the molecule is COc1ccc2c(c1O)[C@@]13CC(NC(=O)/C=C/c4ccoc4)CCC1(O)C1N(S(=O)(=O)c4ccc(Br)cc4)CC1(C2)C3. The number of amides is 1. The first kappa shape index (κ1) is 27.7. The Morgan fingerprint density at radius 2 is 2.00 bits per heavy atom. The Hall–Kier alpha value is -3.12. The molecule has 2 aromatic carbocycles. The minimum atomic E-state index is -3.90. The number of phenols is 1. The van der Waals surface area contributed by atoms with Crippen LogP contribution in [-0.4, -0.2) is 60.2 Å². The number of sulfonamides is 1. The molecule has 7 rings (SSSR count). The number of carbonyl (C=O) groups is 1. The van der Waals surface area contributed by atoms with Crippen LogP contribution in [-0.2, 0) is 26.7 Å². The van der Waals surface area contributed by atoms with Gasteiger partial charge in [-0.25, -0.2) is 8.42 Å². The molecule has 2 heterocycles. The predicted octanol–water partition coefficient (Wildman–Crippen LogP) is 4.13. The van der Waals surface area contributed by atoms with Gasteiger partial charge >= 0.3 is 0 Å². The zero-order valence-electron chi connectivity index (χ0n) is 22.9. The number of aromatic hydroxyl groups is 1. The van der Waals surface area contributed by atoms with E-state index in [1.165, 1.54) is 23.8 Å². The van der Waals surface area contributed by atoms with Crippen LogP contribution in [0.2, 0.25) is 0 Å². The molecule has 3 aliphatic carbocycles. The first-order valence-electron chi connectivity index (χ1n) is 13.9. The lowest BCUT2D eigenvalue weighted by Crippen LogP contribution is -2.72. The Morgan fingerprint density at radius 3 is 2.71 bits per heavy atom. The van der Waals surface area contributed by atoms with E-state index in [9.17, 15) is 23.4 Å². The van der Waals surface area contributed by atoms with Gasteiger partial charge in [-0.3, -0.25) is 4.79 Å². The molecule has 5 atom stereocenters. The van der Waals surface area contributed by atoms with Gasteiger partial charge in [-0.2, -0.15) is 4.31 Å². The first-order chi connectivity index (χ1) is 20.0. The van der Waals surface area contributed by atoms with Crippen LogP contribution in [0.15, 0.2) is 74.9 Å². The summed E-state index contributed by atoms with van der Waals surface area (Å²) in [5.41, 5.74) is -0.687. The molecule has 4 unspecified atom stereocenters. The maximum absolute atomic E-state index is 13.9. The smallest absolute Gasteiger partial charge is 0.244 e. The van der Waals surface area contributed by atoms with Crippen molar-refractivity contribution in [3.05, 3.63) is 82.2 Å². The third kappa shape index (κ3) is 3.79. The van der Waals surface area contributed by atoms with E-state index in [-0.39, 0.29) is 35.6 Å². The highest BCUT2D eigenvalue weighted by Crippen LogP contribution is 2.73. The molecule has 2 spiro atoms. The lowest BCUT2D eigenvalue weighted by Gasteiger charge is -2.57. The molecule has 1 aliphatic heterocycles. The zero-order chi connectivity index (χ0) is 29.5. The van der Waals surface area contributed by atoms with Gasteiger partial charge in [0.15, 0.2) is 11.5 Å². The Balaban J connectivity index is 1.28. The van der Waals surface area contributed by atoms with Crippen molar-refractivity contribution in [1.82, 2.24) is 9.62 Å². The fourth-order valence-corrected chi connectivity index (χ4v) is 10.6. The van der Waals surface area contributed by atoms with Crippen molar-refractivity contribution < 1.29 is 32.6 Å². The quantitative estimate of drug-likeness (QED) is 0.341. The number of benzene rings is 2. The highest BCUT2D eigenvalue weighted by molar-refractivity contribution is 9.10. The Bertz CT molecular complexity index is 1710. The second kappa shape index (κ2) is 9.44. The number of nitrogens with one attached hydrogen (secondary N) is 1. The van der Waals surface area contributed by atoms with Crippen molar-refractivity contribution in [3.63, 3.8) is 0 Å². The number of fused-ring (bicyclic) bond motifs is 2. The number of furan rings is 1. The molecule has 1 aromatic heterocycles. The minimum absolute atomic E-state index is 0.0290. The number of rotatable bonds is 6. The van der Waals surface area contributed by atoms with E-state index in [0.29, 0.717) is 37.0 Å². The van der Waals surface area contributed by atoms with Gasteiger partial charge in [-0.1, -0.05) is 22.0 Å². The van der Waals surface area contributed by atoms with E-state index < -0.39 is 32.5 Å². The van der Waals surface area contributed by atoms with Crippen molar-refractivity contribution in [2.45, 2.75) is 60.1 Å². The molecule has 3 fully saturated rings. The molecule has 2 saturated carbocycles. The monoisotopic (exact) mass is 654 g/mol. The number of halogens is 1. The third-order valence-corrected chi connectivity index (χ3v) is 12.3. The predicted molar refractivity (Wildman–Crippen MR) is 157 cm³/mol. The van der Waals surface area contributed by atoms with Gasteiger partial charge in [0.05, 0.1) is 36.2 Å². The molecule has 3 aromatic rings. The van der Waals surface area contributed by atoms with Gasteiger partial charge < -0.3 is 24.7 Å². The maximum Gasteiger partial charge on any atom is 0.244 e. The Morgan fingerprint density at radius 1 is 1.21 bits per heavy atom. The largest absolute Gasteiger partial charge is 0.504 e. The highest BCUT2D eigenvalue weighted by Gasteiger charge is 2.80. The van der Waals surface area contributed by atoms with Gasteiger partial charge in [0, 0.05) is 45.1 Å². The fourth-order valence-electron chi connectivity index (χ4n) is 8.48. The number of ether oxygens (including phenoxy) is 1. The van der Waals surface area contributed by atoms with Crippen LogP contribution in [0.4, 0.5) is 0 Å². The number of phenolic OH excluding ortho intramolecular Hbond substituents is 1. The van der Waals surface area contributed by atoms with Crippen LogP contribution in [0.25, 0.3) is 6.08 Å². The average molecular weight is 656 g/mol. The summed E-state index contributed by atoms with van der Waals surface area (Å²) in [7, 11) is -2.42. The average Bonchev–Trinajstić information content (AvgIpc) is 3.50. The van der Waals surface area contributed by atoms with E-state index in [0.717, 1.165) is 15.6 Å². The summed E-state index contributed by atoms with van der Waals surface area (Å²) in [6.45, 7) is 0.275. The Labute approximate surface area is 252 Å². The van der Waals surface area contributed by atoms with Crippen molar-refractivity contribution >= 4 is 37.9 Å². The number of aliphatic hydroxyl groups is 1. The molecular weight excluding hydrogens is 624 g/mol. The second-order valence-electron chi connectivity index (χ2n) is 12.1. The molecule has 1 amide bonds. The first-order valence-corrected chi connectivity index (χ1v) is 16.2. The highest BCUT2D eigenvalue weighted by atomic mass is 79.9. The zero-order valence-corrected chi connectivity index (χ0v) is 25.3. The molecule has 11 heteroatoms. The molecule has 3 N–H and O–H groups in total. The lowest BCUT2D eigenvalue weighted by molar-refractivity contribution is -0.129. The van der Waals surface area contributed by atoms with Crippen molar-refractivity contribution in [3.8, 4) is 11.5 Å². The van der Waals surface area contributed by atoms with Crippen molar-refractivity contribution in [1.29, 1.82) is 0 Å². The molecule has 220 valence electrons. The fraction of sp³-hybridized carbons (Fsp3) is 0.387. The summed E-state index contributed by atoms with van der Waals surface area (Å²) in [6.07, 6.45) is 8.30. The molecule has 4 aliphatic rings. The van der Waals surface area contributed by atoms with Gasteiger partial charge in [-0.15, -0.1) is 0 Å². The van der Waals surface area contributed by atoms with Crippen LogP contribution in [0.5, 0.6) is 11.5 Å². The van der Waals surface area contributed by atoms with Crippen LogP contribution < -0.4 is 10.1 Å². The van der Waals surface area contributed by atoms with Crippen molar-refractivity contribution in [2.75, 3.05) is 13.7 Å². The number of carbonyl (C=O) groups excluding carboxylic acids is 1. The lowest BCUT2D eigenvalue weighted by atomic mass is 9.57. The van der Waals surface area contributed by atoms with Crippen LogP contribution in [0.1, 0.15) is 42.4 Å². The van der Waals surface area contributed by atoms with E-state index in [1.54, 1.807) is 48.7 Å². The van der Waals surface area contributed by atoms with Gasteiger partial charge in [0.2, 0.25) is 15.9 Å². The summed E-state index contributed by atoms with van der Waals surface area (Å²) in [6, 6.07) is 10.9. The maximum atomic E-state index is 13.9. The number of nitrogens with zero attached hydrogens (tertiary/aromatic N) is 1. The van der Waals surface area contributed by atoms with E-state index in [1.807, 2.05) is 6.07 Å². The summed E-state index contributed by atoms with van der Waals surface area (Å²) in [5.74, 6) is -0.00278. The van der Waals surface area contributed by atoms with Crippen LogP contribution in [0.3, 0.4) is 0 Å². The molecule has 1 saturated heterocycles. The second-order valence-corrected chi connectivity index (χ2v) is 14.9. The minimum Gasteiger partial charge on any atom is -0.504 e. The molecule has 9 nitrogen and oxygen atoms in total. The van der Waals surface area contributed by atoms with Gasteiger partial charge in [0.25, 0.3) is 0 Å². The van der Waals surface area contributed by atoms with Gasteiger partial charge in [0.1, 0.15) is 0 Å². The third-order valence-electron chi connectivity index (χ3n) is 9.95.